The Morgan fingerprint density at radius 2 is 2.00 bits per heavy atom. The van der Waals surface area contributed by atoms with Gasteiger partial charge in [0.05, 0.1) is 26.9 Å². The van der Waals surface area contributed by atoms with Crippen molar-refractivity contribution in [2.45, 2.75) is 0 Å². The molecule has 3 rings (SSSR count). The molecule has 0 spiro atoms. The molecule has 0 aliphatic carbocycles. The Morgan fingerprint density at radius 1 is 1.23 bits per heavy atom. The van der Waals surface area contributed by atoms with Crippen LogP contribution in [0.3, 0.4) is 0 Å². The molecule has 0 atom stereocenters. The van der Waals surface area contributed by atoms with Crippen molar-refractivity contribution in [2.75, 3.05) is 32.2 Å². The Kier molecular flexibility index (Phi) is 6.15. The fraction of sp³-hybridized carbons (Fsp3) is 0.250. The van der Waals surface area contributed by atoms with E-state index in [4.69, 9.17) is 25.8 Å². The van der Waals surface area contributed by atoms with Gasteiger partial charge < -0.3 is 19.5 Å². The molecule has 0 bridgehead atoms. The molecule has 2 aromatic carbocycles. The van der Waals surface area contributed by atoms with Crippen LogP contribution in [0.15, 0.2) is 48.5 Å². The minimum absolute atomic E-state index is 0.225. The fourth-order valence-electron chi connectivity index (χ4n) is 2.38. The predicted octanol–water partition coefficient (Wildman–Crippen LogP) is 4.03. The first kappa shape index (κ1) is 18.3. The summed E-state index contributed by atoms with van der Waals surface area (Å²) in [5, 5.41) is 3.40. The SMILES string of the molecule is COc1cc(/C=C/C(=O)Nc2ccc(Cl)cc2)ccc1OCC1COC1. The zero-order chi connectivity index (χ0) is 18.4. The standard InChI is InChI=1S/C20H20ClNO4/c1-24-19-10-14(2-8-18(19)26-13-15-11-25-12-15)3-9-20(23)22-17-6-4-16(21)5-7-17/h2-10,15H,11-13H2,1H3,(H,22,23)/b9-3+. The van der Waals surface area contributed by atoms with Crippen molar-refractivity contribution in [1.29, 1.82) is 0 Å². The van der Waals surface area contributed by atoms with E-state index in [1.54, 1.807) is 37.5 Å². The smallest absolute Gasteiger partial charge is 0.248 e. The molecule has 1 aliphatic heterocycles. The average Bonchev–Trinajstić information content (AvgIpc) is 2.61. The van der Waals surface area contributed by atoms with Crippen LogP contribution in [0, 0.1) is 5.92 Å². The lowest BCUT2D eigenvalue weighted by molar-refractivity contribution is -0.111. The molecule has 0 saturated carbocycles. The molecule has 1 N–H and O–H groups in total. The normalized spacial score (nSPS) is 14.1. The molecule has 2 aromatic rings. The summed E-state index contributed by atoms with van der Waals surface area (Å²) in [6.07, 6.45) is 3.19. The maximum absolute atomic E-state index is 12.0. The van der Waals surface area contributed by atoms with E-state index in [2.05, 4.69) is 5.32 Å². The molecule has 6 heteroatoms. The number of amides is 1. The van der Waals surface area contributed by atoms with Crippen molar-refractivity contribution in [3.05, 3.63) is 59.1 Å². The first-order valence-electron chi connectivity index (χ1n) is 8.27. The topological polar surface area (TPSA) is 56.8 Å². The highest BCUT2D eigenvalue weighted by atomic mass is 35.5. The summed E-state index contributed by atoms with van der Waals surface area (Å²) in [6, 6.07) is 12.5. The summed E-state index contributed by atoms with van der Waals surface area (Å²) in [5.41, 5.74) is 1.53. The molecule has 1 saturated heterocycles. The van der Waals surface area contributed by atoms with Gasteiger partial charge in [0, 0.05) is 22.7 Å². The minimum atomic E-state index is -0.225. The van der Waals surface area contributed by atoms with E-state index in [1.165, 1.54) is 6.08 Å². The third-order valence-corrected chi connectivity index (χ3v) is 4.16. The van der Waals surface area contributed by atoms with Crippen LogP contribution in [0.2, 0.25) is 5.02 Å². The number of anilines is 1. The Hall–Kier alpha value is -2.50. The molecule has 0 aromatic heterocycles. The van der Waals surface area contributed by atoms with Crippen molar-refractivity contribution < 1.29 is 19.0 Å². The zero-order valence-electron chi connectivity index (χ0n) is 14.4. The van der Waals surface area contributed by atoms with E-state index < -0.39 is 0 Å². The first-order chi connectivity index (χ1) is 12.6. The van der Waals surface area contributed by atoms with Gasteiger partial charge >= 0.3 is 0 Å². The van der Waals surface area contributed by atoms with Gasteiger partial charge in [0.15, 0.2) is 11.5 Å². The highest BCUT2D eigenvalue weighted by Gasteiger charge is 2.19. The molecule has 1 fully saturated rings. The highest BCUT2D eigenvalue weighted by Crippen LogP contribution is 2.29. The number of methoxy groups -OCH3 is 1. The summed E-state index contributed by atoms with van der Waals surface area (Å²) in [7, 11) is 1.59. The van der Waals surface area contributed by atoms with Crippen LogP contribution < -0.4 is 14.8 Å². The van der Waals surface area contributed by atoms with Gasteiger partial charge in [-0.2, -0.15) is 0 Å². The van der Waals surface area contributed by atoms with Crippen LogP contribution in [-0.2, 0) is 9.53 Å². The third-order valence-electron chi connectivity index (χ3n) is 3.91. The van der Waals surface area contributed by atoms with Crippen LogP contribution in [0.4, 0.5) is 5.69 Å². The average molecular weight is 374 g/mol. The second kappa shape index (κ2) is 8.74. The lowest BCUT2D eigenvalue weighted by Gasteiger charge is -2.26. The van der Waals surface area contributed by atoms with Gasteiger partial charge in [0.2, 0.25) is 5.91 Å². The minimum Gasteiger partial charge on any atom is -0.493 e. The predicted molar refractivity (Wildman–Crippen MR) is 102 cm³/mol. The number of rotatable bonds is 7. The Morgan fingerprint density at radius 3 is 2.65 bits per heavy atom. The lowest BCUT2D eigenvalue weighted by Crippen LogP contribution is -2.32. The molecule has 5 nitrogen and oxygen atoms in total. The summed E-state index contributed by atoms with van der Waals surface area (Å²) in [4.78, 5) is 12.0. The van der Waals surface area contributed by atoms with Gasteiger partial charge in [-0.1, -0.05) is 17.7 Å². The molecular weight excluding hydrogens is 354 g/mol. The molecule has 26 heavy (non-hydrogen) atoms. The van der Waals surface area contributed by atoms with Crippen molar-refractivity contribution in [3.8, 4) is 11.5 Å². The summed E-state index contributed by atoms with van der Waals surface area (Å²) in [6.45, 7) is 2.09. The van der Waals surface area contributed by atoms with E-state index >= 15 is 0 Å². The molecule has 1 amide bonds. The molecule has 1 aliphatic rings. The first-order valence-corrected chi connectivity index (χ1v) is 8.65. The van der Waals surface area contributed by atoms with Crippen LogP contribution >= 0.6 is 11.6 Å². The van der Waals surface area contributed by atoms with Gasteiger partial charge in [-0.15, -0.1) is 0 Å². The number of nitrogens with one attached hydrogen (secondary N) is 1. The zero-order valence-corrected chi connectivity index (χ0v) is 15.2. The number of hydrogen-bond donors (Lipinski definition) is 1. The van der Waals surface area contributed by atoms with Crippen molar-refractivity contribution in [3.63, 3.8) is 0 Å². The maximum atomic E-state index is 12.0. The second-order valence-corrected chi connectivity index (χ2v) is 6.39. The van der Waals surface area contributed by atoms with Crippen molar-refractivity contribution in [1.82, 2.24) is 0 Å². The van der Waals surface area contributed by atoms with E-state index in [-0.39, 0.29) is 5.91 Å². The van der Waals surface area contributed by atoms with Gasteiger partial charge in [0.25, 0.3) is 0 Å². The number of ether oxygens (including phenoxy) is 3. The number of halogens is 1. The van der Waals surface area contributed by atoms with Crippen molar-refractivity contribution >= 4 is 29.3 Å². The monoisotopic (exact) mass is 373 g/mol. The number of benzene rings is 2. The van der Waals surface area contributed by atoms with E-state index in [9.17, 15) is 4.79 Å². The maximum Gasteiger partial charge on any atom is 0.248 e. The van der Waals surface area contributed by atoms with Gasteiger partial charge in [-0.3, -0.25) is 4.79 Å². The Balaban J connectivity index is 1.59. The lowest BCUT2D eigenvalue weighted by atomic mass is 10.1. The molecular formula is C20H20ClNO4. The van der Waals surface area contributed by atoms with Crippen molar-refractivity contribution in [2.24, 2.45) is 5.92 Å². The number of carbonyl (C=O) groups is 1. The van der Waals surface area contributed by atoms with Crippen LogP contribution in [-0.4, -0.2) is 32.8 Å². The molecule has 0 unspecified atom stereocenters. The quantitative estimate of drug-likeness (QED) is 0.744. The highest BCUT2D eigenvalue weighted by molar-refractivity contribution is 6.30. The van der Waals surface area contributed by atoms with Crippen LogP contribution in [0.5, 0.6) is 11.5 Å². The largest absolute Gasteiger partial charge is 0.493 e. The summed E-state index contributed by atoms with van der Waals surface area (Å²) >= 11 is 5.83. The molecule has 1 heterocycles. The molecule has 0 radical (unpaired) electrons. The Labute approximate surface area is 157 Å². The fourth-order valence-corrected chi connectivity index (χ4v) is 2.51. The van der Waals surface area contributed by atoms with Gasteiger partial charge in [-0.05, 0) is 48.0 Å². The third kappa shape index (κ3) is 5.00. The van der Waals surface area contributed by atoms with Crippen LogP contribution in [0.25, 0.3) is 6.08 Å². The van der Waals surface area contributed by atoms with Crippen LogP contribution in [0.1, 0.15) is 5.56 Å². The summed E-state index contributed by atoms with van der Waals surface area (Å²) in [5.74, 6) is 1.53. The number of carbonyl (C=O) groups excluding carboxylic acids is 1. The number of hydrogen-bond acceptors (Lipinski definition) is 4. The Bertz CT molecular complexity index is 785. The van der Waals surface area contributed by atoms with Gasteiger partial charge in [-0.25, -0.2) is 0 Å². The second-order valence-electron chi connectivity index (χ2n) is 5.95. The van der Waals surface area contributed by atoms with E-state index in [0.29, 0.717) is 34.7 Å². The summed E-state index contributed by atoms with van der Waals surface area (Å²) < 4.78 is 16.3. The van der Waals surface area contributed by atoms with E-state index in [1.807, 2.05) is 18.2 Å². The van der Waals surface area contributed by atoms with Gasteiger partial charge in [0.1, 0.15) is 0 Å². The molecule has 136 valence electrons. The van der Waals surface area contributed by atoms with E-state index in [0.717, 1.165) is 18.8 Å².